The van der Waals surface area contributed by atoms with Crippen molar-refractivity contribution >= 4 is 33.8 Å². The molecule has 0 radical (unpaired) electrons. The van der Waals surface area contributed by atoms with Gasteiger partial charge in [0.2, 0.25) is 4.77 Å². The van der Waals surface area contributed by atoms with Crippen molar-refractivity contribution < 1.29 is 0 Å². The fourth-order valence-electron chi connectivity index (χ4n) is 1.53. The van der Waals surface area contributed by atoms with Crippen LogP contribution in [0.25, 0.3) is 5.70 Å². The molecule has 0 spiro atoms. The van der Waals surface area contributed by atoms with Crippen molar-refractivity contribution in [1.82, 2.24) is 14.9 Å². The molecule has 0 fully saturated rings. The van der Waals surface area contributed by atoms with Crippen molar-refractivity contribution in [2.75, 3.05) is 5.43 Å². The highest BCUT2D eigenvalue weighted by Gasteiger charge is 2.05. The van der Waals surface area contributed by atoms with Crippen LogP contribution in [0.5, 0.6) is 0 Å². The average Bonchev–Trinajstić information content (AvgIpc) is 2.71. The molecule has 94 valence electrons. The third-order valence-electron chi connectivity index (χ3n) is 2.50. The molecule has 0 aliphatic rings. The fraction of sp³-hybridized carbons (Fsp3) is 0.167. The number of rotatable bonds is 4. The molecule has 0 unspecified atom stereocenters. The van der Waals surface area contributed by atoms with Crippen LogP contribution in [0, 0.1) is 4.77 Å². The van der Waals surface area contributed by atoms with E-state index in [0.717, 1.165) is 28.0 Å². The van der Waals surface area contributed by atoms with Gasteiger partial charge in [0.1, 0.15) is 0 Å². The Balaban J connectivity index is 2.23. The average molecular weight is 325 g/mol. The molecular weight excluding hydrogens is 312 g/mol. The van der Waals surface area contributed by atoms with Crippen molar-refractivity contribution in [2.45, 2.75) is 13.3 Å². The molecule has 0 atom stereocenters. The Morgan fingerprint density at radius 1 is 1.50 bits per heavy atom. The second-order valence-corrected chi connectivity index (χ2v) is 5.03. The van der Waals surface area contributed by atoms with E-state index in [1.807, 2.05) is 31.2 Å². The van der Waals surface area contributed by atoms with Crippen LogP contribution >= 0.6 is 28.1 Å². The van der Waals surface area contributed by atoms with E-state index in [1.165, 1.54) is 0 Å². The number of halogens is 1. The molecule has 18 heavy (non-hydrogen) atoms. The summed E-state index contributed by atoms with van der Waals surface area (Å²) in [6.07, 6.45) is 0.785. The van der Waals surface area contributed by atoms with Crippen molar-refractivity contribution in [3.63, 3.8) is 0 Å². The van der Waals surface area contributed by atoms with Gasteiger partial charge in [-0.05, 0) is 29.9 Å². The van der Waals surface area contributed by atoms with E-state index in [-0.39, 0.29) is 0 Å². The lowest BCUT2D eigenvalue weighted by atomic mass is 10.2. The Kier molecular flexibility index (Phi) is 3.98. The van der Waals surface area contributed by atoms with E-state index in [0.29, 0.717) is 4.77 Å². The summed E-state index contributed by atoms with van der Waals surface area (Å²) >= 11 is 8.56. The number of H-pyrrole nitrogens is 1. The lowest BCUT2D eigenvalue weighted by Crippen LogP contribution is -2.15. The van der Waals surface area contributed by atoms with Crippen molar-refractivity contribution in [2.24, 2.45) is 0 Å². The van der Waals surface area contributed by atoms with Crippen LogP contribution in [0.2, 0.25) is 0 Å². The largest absolute Gasteiger partial charge is 0.291 e. The van der Waals surface area contributed by atoms with Gasteiger partial charge in [-0.3, -0.25) is 10.5 Å². The minimum absolute atomic E-state index is 0.533. The fourth-order valence-corrected chi connectivity index (χ4v) is 1.99. The van der Waals surface area contributed by atoms with Gasteiger partial charge in [-0.25, -0.2) is 4.68 Å². The Morgan fingerprint density at radius 3 is 2.78 bits per heavy atom. The lowest BCUT2D eigenvalue weighted by Gasteiger charge is -2.12. The summed E-state index contributed by atoms with van der Waals surface area (Å²) in [5.74, 6) is 0.846. The Labute approximate surface area is 119 Å². The number of nitrogens with zero attached hydrogens (tertiary/aromatic N) is 2. The van der Waals surface area contributed by atoms with E-state index in [9.17, 15) is 0 Å². The smallest absolute Gasteiger partial charge is 0.214 e. The van der Waals surface area contributed by atoms with Gasteiger partial charge in [0, 0.05) is 10.9 Å². The molecule has 0 aliphatic heterocycles. The third-order valence-corrected chi connectivity index (χ3v) is 3.30. The molecule has 1 aromatic heterocycles. The number of benzene rings is 1. The van der Waals surface area contributed by atoms with Crippen LogP contribution in [-0.4, -0.2) is 14.9 Å². The molecular formula is C12H13BrN4S. The zero-order chi connectivity index (χ0) is 13.1. The molecule has 1 heterocycles. The van der Waals surface area contributed by atoms with Crippen LogP contribution in [0.4, 0.5) is 0 Å². The Morgan fingerprint density at radius 2 is 2.17 bits per heavy atom. The molecule has 2 N–H and O–H groups in total. The second-order valence-electron chi connectivity index (χ2n) is 3.73. The number of hydrogen-bond acceptors (Lipinski definition) is 3. The number of aromatic amines is 1. The van der Waals surface area contributed by atoms with Crippen molar-refractivity contribution in [1.29, 1.82) is 0 Å². The van der Waals surface area contributed by atoms with Gasteiger partial charge in [-0.1, -0.05) is 41.6 Å². The minimum Gasteiger partial charge on any atom is -0.291 e. The molecule has 2 aromatic rings. The quantitative estimate of drug-likeness (QED) is 0.846. The topological polar surface area (TPSA) is 45.6 Å². The highest BCUT2D eigenvalue weighted by Crippen LogP contribution is 2.16. The summed E-state index contributed by atoms with van der Waals surface area (Å²) in [6, 6.07) is 7.90. The van der Waals surface area contributed by atoms with Crippen LogP contribution in [-0.2, 0) is 6.42 Å². The lowest BCUT2D eigenvalue weighted by molar-refractivity contribution is 0.831. The Hall–Kier alpha value is -1.40. The zero-order valence-corrected chi connectivity index (χ0v) is 12.3. The molecule has 0 bridgehead atoms. The molecule has 0 amide bonds. The van der Waals surface area contributed by atoms with Crippen molar-refractivity contribution in [3.8, 4) is 0 Å². The summed E-state index contributed by atoms with van der Waals surface area (Å²) in [7, 11) is 0. The SMILES string of the molecule is C=C(Nn1c(CC)n[nH]c1=S)c1ccc(Br)cc1. The summed E-state index contributed by atoms with van der Waals surface area (Å²) in [4.78, 5) is 0. The zero-order valence-electron chi connectivity index (χ0n) is 9.90. The van der Waals surface area contributed by atoms with E-state index >= 15 is 0 Å². The maximum Gasteiger partial charge on any atom is 0.214 e. The second kappa shape index (κ2) is 5.49. The van der Waals surface area contributed by atoms with E-state index in [1.54, 1.807) is 4.68 Å². The Bertz CT molecular complexity index is 612. The van der Waals surface area contributed by atoms with Gasteiger partial charge in [-0.2, -0.15) is 5.10 Å². The predicted octanol–water partition coefficient (Wildman–Crippen LogP) is 3.48. The maximum atomic E-state index is 5.16. The molecule has 0 saturated carbocycles. The molecule has 1 aromatic carbocycles. The minimum atomic E-state index is 0.533. The van der Waals surface area contributed by atoms with E-state index < -0.39 is 0 Å². The number of hydrogen-bond donors (Lipinski definition) is 2. The van der Waals surface area contributed by atoms with E-state index in [2.05, 4.69) is 38.1 Å². The number of aryl methyl sites for hydroxylation is 1. The predicted molar refractivity (Wildman–Crippen MR) is 79.3 cm³/mol. The first-order valence-electron chi connectivity index (χ1n) is 5.50. The number of aromatic nitrogens is 3. The summed E-state index contributed by atoms with van der Waals surface area (Å²) < 4.78 is 3.30. The maximum absolute atomic E-state index is 5.16. The standard InChI is InChI=1S/C12H13BrN4S/c1-3-11-14-15-12(18)17(11)16-8(2)9-4-6-10(13)7-5-9/h4-7,16H,2-3H2,1H3,(H,15,18). The van der Waals surface area contributed by atoms with Crippen LogP contribution in [0.3, 0.4) is 0 Å². The first-order valence-corrected chi connectivity index (χ1v) is 6.70. The molecule has 2 rings (SSSR count). The summed E-state index contributed by atoms with van der Waals surface area (Å²) in [5.41, 5.74) is 4.93. The van der Waals surface area contributed by atoms with Gasteiger partial charge in [0.05, 0.1) is 5.70 Å². The molecule has 0 saturated heterocycles. The van der Waals surface area contributed by atoms with E-state index in [4.69, 9.17) is 12.2 Å². The summed E-state index contributed by atoms with van der Waals surface area (Å²) in [6.45, 7) is 6.03. The summed E-state index contributed by atoms with van der Waals surface area (Å²) in [5, 5.41) is 6.89. The monoisotopic (exact) mass is 324 g/mol. The van der Waals surface area contributed by atoms with Gasteiger partial charge in [0.15, 0.2) is 5.82 Å². The highest BCUT2D eigenvalue weighted by molar-refractivity contribution is 9.10. The first kappa shape index (κ1) is 13.0. The normalized spacial score (nSPS) is 10.3. The van der Waals surface area contributed by atoms with Crippen LogP contribution < -0.4 is 5.43 Å². The van der Waals surface area contributed by atoms with Gasteiger partial charge < -0.3 is 0 Å². The molecule has 6 heteroatoms. The molecule has 4 nitrogen and oxygen atoms in total. The van der Waals surface area contributed by atoms with Crippen LogP contribution in [0.15, 0.2) is 35.3 Å². The van der Waals surface area contributed by atoms with Gasteiger partial charge in [-0.15, -0.1) is 0 Å². The first-order chi connectivity index (χ1) is 8.61. The third kappa shape index (κ3) is 2.70. The van der Waals surface area contributed by atoms with Crippen LogP contribution in [0.1, 0.15) is 18.3 Å². The van der Waals surface area contributed by atoms with Crippen molar-refractivity contribution in [3.05, 3.63) is 51.5 Å². The highest BCUT2D eigenvalue weighted by atomic mass is 79.9. The van der Waals surface area contributed by atoms with Gasteiger partial charge in [0.25, 0.3) is 0 Å². The van der Waals surface area contributed by atoms with Gasteiger partial charge >= 0.3 is 0 Å². The number of nitrogens with one attached hydrogen (secondary N) is 2. The molecule has 0 aliphatic carbocycles.